The smallest absolute Gasteiger partial charge is 0.341 e. The average molecular weight is 305 g/mol. The zero-order chi connectivity index (χ0) is 15.6. The van der Waals surface area contributed by atoms with Gasteiger partial charge in [-0.15, -0.1) is 0 Å². The fourth-order valence-corrected chi connectivity index (χ4v) is 2.94. The summed E-state index contributed by atoms with van der Waals surface area (Å²) < 4.78 is 10.5. The summed E-state index contributed by atoms with van der Waals surface area (Å²) >= 11 is 0. The third kappa shape index (κ3) is 2.87. The van der Waals surface area contributed by atoms with E-state index in [4.69, 9.17) is 19.4 Å². The average Bonchev–Trinajstić information content (AvgIpc) is 3.15. The summed E-state index contributed by atoms with van der Waals surface area (Å²) in [6.07, 6.45) is 6.48. The minimum atomic E-state index is -1.03. The summed E-state index contributed by atoms with van der Waals surface area (Å²) in [6.45, 7) is -0.410. The summed E-state index contributed by atoms with van der Waals surface area (Å²) in [5, 5.41) is 8.75. The second-order valence-corrected chi connectivity index (χ2v) is 5.58. The second kappa shape index (κ2) is 5.88. The molecule has 0 atom stereocenters. The van der Waals surface area contributed by atoms with E-state index < -0.39 is 12.6 Å². The molecule has 22 heavy (non-hydrogen) atoms. The van der Waals surface area contributed by atoms with E-state index in [-0.39, 0.29) is 5.60 Å². The van der Waals surface area contributed by atoms with Gasteiger partial charge >= 0.3 is 5.97 Å². The standard InChI is InChI=1S/C16H19NO5/c1-20-13-5-4-11(8-14(13)21-10-15(18)19)12-9-16(22-17-12)6-2-3-7-16/h4-5,8-9,17H,2-3,6-7,10H2,1H3,(H,18,19). The van der Waals surface area contributed by atoms with E-state index in [9.17, 15) is 4.79 Å². The lowest BCUT2D eigenvalue weighted by Gasteiger charge is -2.17. The second-order valence-electron chi connectivity index (χ2n) is 5.58. The predicted molar refractivity (Wildman–Crippen MR) is 79.5 cm³/mol. The van der Waals surface area contributed by atoms with Gasteiger partial charge in [0.2, 0.25) is 0 Å². The van der Waals surface area contributed by atoms with Gasteiger partial charge in [-0.3, -0.25) is 10.3 Å². The third-order valence-electron chi connectivity index (χ3n) is 4.05. The summed E-state index contributed by atoms with van der Waals surface area (Å²) in [7, 11) is 1.52. The maximum Gasteiger partial charge on any atom is 0.341 e. The number of nitrogens with one attached hydrogen (secondary N) is 1. The molecule has 0 bridgehead atoms. The van der Waals surface area contributed by atoms with Gasteiger partial charge in [-0.25, -0.2) is 4.79 Å². The first-order valence-electron chi connectivity index (χ1n) is 7.32. The molecule has 0 aromatic heterocycles. The molecule has 0 unspecified atom stereocenters. The van der Waals surface area contributed by atoms with E-state index in [1.54, 1.807) is 12.1 Å². The molecule has 0 saturated heterocycles. The van der Waals surface area contributed by atoms with Gasteiger partial charge in [0.25, 0.3) is 0 Å². The highest BCUT2D eigenvalue weighted by Gasteiger charge is 2.38. The molecule has 118 valence electrons. The minimum absolute atomic E-state index is 0.197. The van der Waals surface area contributed by atoms with Crippen molar-refractivity contribution >= 4 is 11.7 Å². The number of rotatable bonds is 5. The first-order valence-corrected chi connectivity index (χ1v) is 7.32. The quantitative estimate of drug-likeness (QED) is 0.869. The number of ether oxygens (including phenoxy) is 2. The van der Waals surface area contributed by atoms with E-state index in [0.29, 0.717) is 11.5 Å². The van der Waals surface area contributed by atoms with E-state index >= 15 is 0 Å². The van der Waals surface area contributed by atoms with Gasteiger partial charge in [0.15, 0.2) is 18.1 Å². The number of methoxy groups -OCH3 is 1. The Labute approximate surface area is 128 Å². The summed E-state index contributed by atoms with van der Waals surface area (Å²) in [5.74, 6) is -0.128. The maximum atomic E-state index is 10.7. The van der Waals surface area contributed by atoms with E-state index in [1.165, 1.54) is 20.0 Å². The molecule has 0 radical (unpaired) electrons. The van der Waals surface area contributed by atoms with Crippen molar-refractivity contribution in [3.8, 4) is 11.5 Å². The molecule has 6 nitrogen and oxygen atoms in total. The molecule has 0 amide bonds. The highest BCUT2D eigenvalue weighted by Crippen LogP contribution is 2.40. The van der Waals surface area contributed by atoms with Crippen LogP contribution in [0, 0.1) is 0 Å². The van der Waals surface area contributed by atoms with Crippen LogP contribution in [0.5, 0.6) is 11.5 Å². The van der Waals surface area contributed by atoms with Crippen molar-refractivity contribution in [2.45, 2.75) is 31.3 Å². The molecule has 1 saturated carbocycles. The van der Waals surface area contributed by atoms with Crippen LogP contribution in [0.25, 0.3) is 5.70 Å². The summed E-state index contributed by atoms with van der Waals surface area (Å²) in [5.41, 5.74) is 4.55. The molecule has 1 aromatic carbocycles. The first-order chi connectivity index (χ1) is 10.6. The van der Waals surface area contributed by atoms with Gasteiger partial charge in [0.05, 0.1) is 12.8 Å². The molecule has 1 fully saturated rings. The van der Waals surface area contributed by atoms with Gasteiger partial charge in [0, 0.05) is 5.56 Å². The molecule has 1 aliphatic heterocycles. The van der Waals surface area contributed by atoms with E-state index in [2.05, 4.69) is 11.6 Å². The summed E-state index contributed by atoms with van der Waals surface area (Å²) in [4.78, 5) is 16.4. The lowest BCUT2D eigenvalue weighted by atomic mass is 10.00. The zero-order valence-corrected chi connectivity index (χ0v) is 12.4. The van der Waals surface area contributed by atoms with Crippen molar-refractivity contribution in [1.82, 2.24) is 5.48 Å². The van der Waals surface area contributed by atoms with Crippen LogP contribution in [0.4, 0.5) is 0 Å². The zero-order valence-electron chi connectivity index (χ0n) is 12.4. The Morgan fingerprint density at radius 2 is 2.14 bits per heavy atom. The first kappa shape index (κ1) is 14.7. The van der Waals surface area contributed by atoms with Gasteiger partial charge in [0.1, 0.15) is 5.60 Å². The van der Waals surface area contributed by atoms with E-state index in [0.717, 1.165) is 24.1 Å². The van der Waals surface area contributed by atoms with Crippen LogP contribution in [0.2, 0.25) is 0 Å². The highest BCUT2D eigenvalue weighted by molar-refractivity contribution is 5.70. The normalized spacial score (nSPS) is 18.9. The topological polar surface area (TPSA) is 77.0 Å². The van der Waals surface area contributed by atoms with Crippen molar-refractivity contribution in [3.63, 3.8) is 0 Å². The molecule has 2 N–H and O–H groups in total. The SMILES string of the molecule is COc1ccc(C2=CC3(CCCC3)ON2)cc1OCC(=O)O. The number of hydroxylamine groups is 1. The number of benzene rings is 1. The van der Waals surface area contributed by atoms with E-state index in [1.807, 2.05) is 6.07 Å². The number of carbonyl (C=O) groups is 1. The van der Waals surface area contributed by atoms with Crippen LogP contribution in [-0.4, -0.2) is 30.4 Å². The van der Waals surface area contributed by atoms with Crippen LogP contribution >= 0.6 is 0 Å². The lowest BCUT2D eigenvalue weighted by molar-refractivity contribution is -0.139. The molecule has 3 rings (SSSR count). The summed E-state index contributed by atoms with van der Waals surface area (Å²) in [6, 6.07) is 5.41. The third-order valence-corrected chi connectivity index (χ3v) is 4.05. The number of carboxylic acid groups (broad SMARTS) is 1. The van der Waals surface area contributed by atoms with Crippen molar-refractivity contribution in [2.24, 2.45) is 0 Å². The number of carboxylic acids is 1. The highest BCUT2D eigenvalue weighted by atomic mass is 16.7. The fraction of sp³-hybridized carbons (Fsp3) is 0.438. The molecule has 1 aromatic rings. The fourth-order valence-electron chi connectivity index (χ4n) is 2.94. The van der Waals surface area contributed by atoms with Crippen LogP contribution in [0.15, 0.2) is 24.3 Å². The van der Waals surface area contributed by atoms with Crippen LogP contribution in [0.1, 0.15) is 31.2 Å². The number of hydrogen-bond acceptors (Lipinski definition) is 5. The number of hydrogen-bond donors (Lipinski definition) is 2. The molecular formula is C16H19NO5. The Bertz CT molecular complexity index is 605. The van der Waals surface area contributed by atoms with Gasteiger partial charge in [-0.05, 0) is 37.1 Å². The Hall–Kier alpha value is -2.21. The van der Waals surface area contributed by atoms with Gasteiger partial charge in [-0.1, -0.05) is 12.8 Å². The Morgan fingerprint density at radius 1 is 1.36 bits per heavy atom. The van der Waals surface area contributed by atoms with Crippen molar-refractivity contribution in [3.05, 3.63) is 29.8 Å². The van der Waals surface area contributed by atoms with Crippen molar-refractivity contribution < 1.29 is 24.2 Å². The molecule has 1 heterocycles. The maximum absolute atomic E-state index is 10.7. The van der Waals surface area contributed by atoms with Crippen LogP contribution in [-0.2, 0) is 9.63 Å². The van der Waals surface area contributed by atoms with Crippen LogP contribution in [0.3, 0.4) is 0 Å². The Kier molecular flexibility index (Phi) is 3.94. The predicted octanol–water partition coefficient (Wildman–Crippen LogP) is 2.35. The largest absolute Gasteiger partial charge is 0.493 e. The molecule has 6 heteroatoms. The van der Waals surface area contributed by atoms with Crippen LogP contribution < -0.4 is 15.0 Å². The van der Waals surface area contributed by atoms with Crippen molar-refractivity contribution in [1.29, 1.82) is 0 Å². The Balaban J connectivity index is 1.85. The van der Waals surface area contributed by atoms with Crippen molar-refractivity contribution in [2.75, 3.05) is 13.7 Å². The molecular weight excluding hydrogens is 286 g/mol. The lowest BCUT2D eigenvalue weighted by Crippen LogP contribution is -2.25. The molecule has 1 spiro atoms. The number of aliphatic carboxylic acids is 1. The van der Waals surface area contributed by atoms with Gasteiger partial charge in [-0.2, -0.15) is 0 Å². The monoisotopic (exact) mass is 305 g/mol. The van der Waals surface area contributed by atoms with Gasteiger partial charge < -0.3 is 14.6 Å². The molecule has 1 aliphatic carbocycles. The minimum Gasteiger partial charge on any atom is -0.493 e. The Morgan fingerprint density at radius 3 is 2.82 bits per heavy atom. The molecule has 2 aliphatic rings.